The molecule has 3 atom stereocenters. The molecule has 2 rings (SSSR count). The largest absolute Gasteiger partial charge is 0.330 e. The summed E-state index contributed by atoms with van der Waals surface area (Å²) in [6.07, 6.45) is 12.3. The van der Waals surface area contributed by atoms with Crippen LogP contribution in [-0.4, -0.2) is 24.4 Å². The average molecular weight is 331 g/mol. The maximum atomic E-state index is 5.87. The summed E-state index contributed by atoms with van der Waals surface area (Å²) >= 11 is 4.35. The number of hydrogen-bond donors (Lipinski definition) is 3. The minimum atomic E-state index is 0.761. The molecule has 0 amide bonds. The van der Waals surface area contributed by atoms with Crippen LogP contribution in [0.15, 0.2) is 0 Å². The molecule has 0 bridgehead atoms. The zero-order chi connectivity index (χ0) is 15.1. The van der Waals surface area contributed by atoms with Gasteiger partial charge in [-0.1, -0.05) is 30.6 Å². The summed E-state index contributed by atoms with van der Waals surface area (Å²) in [6.45, 7) is 4.56. The Hall–Kier alpha value is 0.620. The van der Waals surface area contributed by atoms with Crippen molar-refractivity contribution in [3.05, 3.63) is 0 Å². The maximum absolute atomic E-state index is 5.87. The van der Waals surface area contributed by atoms with Crippen molar-refractivity contribution in [1.82, 2.24) is 5.32 Å². The summed E-state index contributed by atoms with van der Waals surface area (Å²) in [6, 6.07) is 0.761. The lowest BCUT2D eigenvalue weighted by Gasteiger charge is -2.33. The molecule has 2 aliphatic rings. The fourth-order valence-corrected chi connectivity index (χ4v) is 5.30. The second-order valence-corrected chi connectivity index (χ2v) is 8.84. The van der Waals surface area contributed by atoms with E-state index >= 15 is 0 Å². The van der Waals surface area contributed by atoms with Gasteiger partial charge < -0.3 is 11.1 Å². The number of thiol groups is 1. The number of hydrogen-bond acceptors (Lipinski definition) is 4. The Bertz CT molecular complexity index is 280. The van der Waals surface area contributed by atoms with E-state index in [4.69, 9.17) is 5.73 Å². The first-order valence-corrected chi connectivity index (χ1v) is 10.9. The quantitative estimate of drug-likeness (QED) is 0.482. The smallest absolute Gasteiger partial charge is 0.0150 e. The minimum Gasteiger partial charge on any atom is -0.330 e. The lowest BCUT2D eigenvalue weighted by atomic mass is 9.74. The first-order chi connectivity index (χ1) is 10.2. The van der Waals surface area contributed by atoms with Crippen LogP contribution >= 0.6 is 22.5 Å². The van der Waals surface area contributed by atoms with Crippen molar-refractivity contribution in [1.29, 1.82) is 0 Å². The molecule has 0 spiro atoms. The van der Waals surface area contributed by atoms with Crippen molar-refractivity contribution in [2.75, 3.05) is 13.1 Å². The van der Waals surface area contributed by atoms with Gasteiger partial charge in [-0.05, 0) is 75.8 Å². The standard InChI is InChI=1S/C17H34N2S2/c1-13(15-4-2-3-14(11-15)12-18)9-10-19-16-5-7-17(21-20)8-6-16/h13-17,19-20H,2-12,18H2,1H3. The Morgan fingerprint density at radius 2 is 1.95 bits per heavy atom. The molecule has 0 aliphatic heterocycles. The van der Waals surface area contributed by atoms with Crippen molar-refractivity contribution < 1.29 is 0 Å². The van der Waals surface area contributed by atoms with Crippen LogP contribution in [0.1, 0.15) is 64.7 Å². The fourth-order valence-electron chi connectivity index (χ4n) is 4.19. The van der Waals surface area contributed by atoms with Crippen molar-refractivity contribution in [2.45, 2.75) is 76.0 Å². The first kappa shape index (κ1) is 18.0. The molecule has 2 nitrogen and oxygen atoms in total. The Morgan fingerprint density at radius 1 is 1.19 bits per heavy atom. The van der Waals surface area contributed by atoms with E-state index in [-0.39, 0.29) is 0 Å². The molecule has 21 heavy (non-hydrogen) atoms. The van der Waals surface area contributed by atoms with Crippen molar-refractivity contribution in [3.63, 3.8) is 0 Å². The molecule has 0 aromatic rings. The minimum absolute atomic E-state index is 0.761. The third kappa shape index (κ3) is 5.96. The van der Waals surface area contributed by atoms with Crippen LogP contribution in [0.2, 0.25) is 0 Å². The molecule has 0 aromatic heterocycles. The first-order valence-electron chi connectivity index (χ1n) is 8.96. The van der Waals surface area contributed by atoms with Crippen LogP contribution in [0.25, 0.3) is 0 Å². The highest BCUT2D eigenvalue weighted by Crippen LogP contribution is 2.34. The molecule has 2 aliphatic carbocycles. The molecule has 0 aromatic carbocycles. The molecule has 0 radical (unpaired) electrons. The highest BCUT2D eigenvalue weighted by Gasteiger charge is 2.25. The molecule has 0 saturated heterocycles. The molecule has 4 heteroatoms. The Labute approximate surface area is 140 Å². The third-order valence-corrected chi connectivity index (χ3v) is 7.48. The summed E-state index contributed by atoms with van der Waals surface area (Å²) < 4.78 is 0. The van der Waals surface area contributed by atoms with Gasteiger partial charge in [0.25, 0.3) is 0 Å². The molecule has 2 saturated carbocycles. The predicted molar refractivity (Wildman–Crippen MR) is 98.9 cm³/mol. The molecule has 2 fully saturated rings. The lowest BCUT2D eigenvalue weighted by Crippen LogP contribution is -2.35. The van der Waals surface area contributed by atoms with E-state index in [1.807, 2.05) is 0 Å². The fraction of sp³-hybridized carbons (Fsp3) is 1.00. The van der Waals surface area contributed by atoms with Gasteiger partial charge in [0.15, 0.2) is 0 Å². The van der Waals surface area contributed by atoms with Gasteiger partial charge in [-0.15, -0.1) is 11.7 Å². The lowest BCUT2D eigenvalue weighted by molar-refractivity contribution is 0.198. The summed E-state index contributed by atoms with van der Waals surface area (Å²) in [5.74, 6) is 2.58. The van der Waals surface area contributed by atoms with Gasteiger partial charge in [0.2, 0.25) is 0 Å². The number of rotatable bonds is 7. The van der Waals surface area contributed by atoms with Crippen LogP contribution < -0.4 is 11.1 Å². The second kappa shape index (κ2) is 9.69. The van der Waals surface area contributed by atoms with Gasteiger partial charge in [0.1, 0.15) is 0 Å². The van der Waals surface area contributed by atoms with E-state index in [0.717, 1.165) is 35.6 Å². The Balaban J connectivity index is 1.60. The average Bonchev–Trinajstić information content (AvgIpc) is 2.55. The summed E-state index contributed by atoms with van der Waals surface area (Å²) in [5.41, 5.74) is 5.87. The summed E-state index contributed by atoms with van der Waals surface area (Å²) in [4.78, 5) is 0. The molecular formula is C17H34N2S2. The number of nitrogens with one attached hydrogen (secondary N) is 1. The van der Waals surface area contributed by atoms with E-state index in [1.54, 1.807) is 10.8 Å². The highest BCUT2D eigenvalue weighted by molar-refractivity contribution is 8.68. The van der Waals surface area contributed by atoms with Crippen LogP contribution in [0.4, 0.5) is 0 Å². The van der Waals surface area contributed by atoms with Crippen LogP contribution in [-0.2, 0) is 0 Å². The van der Waals surface area contributed by atoms with Gasteiger partial charge in [-0.2, -0.15) is 0 Å². The van der Waals surface area contributed by atoms with Gasteiger partial charge in [0.05, 0.1) is 0 Å². The Kier molecular flexibility index (Phi) is 8.29. The van der Waals surface area contributed by atoms with E-state index in [9.17, 15) is 0 Å². The topological polar surface area (TPSA) is 38.0 Å². The van der Waals surface area contributed by atoms with E-state index in [0.29, 0.717) is 0 Å². The SMILES string of the molecule is CC(CCNC1CCC(SS)CC1)C1CCCC(CN)C1. The van der Waals surface area contributed by atoms with E-state index in [2.05, 4.69) is 23.9 Å². The van der Waals surface area contributed by atoms with Crippen molar-refractivity contribution in [3.8, 4) is 0 Å². The van der Waals surface area contributed by atoms with Crippen LogP contribution in [0, 0.1) is 17.8 Å². The summed E-state index contributed by atoms with van der Waals surface area (Å²) in [7, 11) is 1.75. The molecule has 3 N–H and O–H groups in total. The van der Waals surface area contributed by atoms with Gasteiger partial charge in [-0.25, -0.2) is 0 Å². The van der Waals surface area contributed by atoms with Crippen molar-refractivity contribution >= 4 is 22.5 Å². The van der Waals surface area contributed by atoms with Crippen molar-refractivity contribution in [2.24, 2.45) is 23.5 Å². The maximum Gasteiger partial charge on any atom is 0.0150 e. The van der Waals surface area contributed by atoms with E-state index < -0.39 is 0 Å². The second-order valence-electron chi connectivity index (χ2n) is 7.33. The normalized spacial score (nSPS) is 35.6. The molecular weight excluding hydrogens is 296 g/mol. The van der Waals surface area contributed by atoms with E-state index in [1.165, 1.54) is 64.3 Å². The van der Waals surface area contributed by atoms with Crippen LogP contribution in [0.5, 0.6) is 0 Å². The summed E-state index contributed by atoms with van der Waals surface area (Å²) in [5, 5.41) is 4.59. The zero-order valence-electron chi connectivity index (χ0n) is 13.6. The highest BCUT2D eigenvalue weighted by atomic mass is 33.1. The van der Waals surface area contributed by atoms with Crippen LogP contribution in [0.3, 0.4) is 0 Å². The van der Waals surface area contributed by atoms with Gasteiger partial charge in [0, 0.05) is 11.3 Å². The molecule has 3 unspecified atom stereocenters. The zero-order valence-corrected chi connectivity index (χ0v) is 15.3. The van der Waals surface area contributed by atoms with Gasteiger partial charge >= 0.3 is 0 Å². The number of nitrogens with two attached hydrogens (primary N) is 1. The molecule has 124 valence electrons. The third-order valence-electron chi connectivity index (χ3n) is 5.82. The Morgan fingerprint density at radius 3 is 2.62 bits per heavy atom. The monoisotopic (exact) mass is 330 g/mol. The molecule has 0 heterocycles. The predicted octanol–water partition coefficient (Wildman–Crippen LogP) is 4.26. The van der Waals surface area contributed by atoms with Gasteiger partial charge in [-0.3, -0.25) is 0 Å².